The first-order valence-electron chi connectivity index (χ1n) is 10.9. The summed E-state index contributed by atoms with van der Waals surface area (Å²) in [6.07, 6.45) is 0. The Hall–Kier alpha value is -2.64. The Kier molecular flexibility index (Phi) is 8.47. The average molecular weight is 445 g/mol. The zero-order chi connectivity index (χ0) is 23.1. The molecule has 0 saturated carbocycles. The van der Waals surface area contributed by atoms with Gasteiger partial charge in [-0.15, -0.1) is 0 Å². The molecule has 6 nitrogen and oxygen atoms in total. The van der Waals surface area contributed by atoms with Crippen molar-refractivity contribution in [1.29, 1.82) is 0 Å². The van der Waals surface area contributed by atoms with Crippen LogP contribution in [0.25, 0.3) is 0 Å². The zero-order valence-electron chi connectivity index (χ0n) is 19.3. The minimum atomic E-state index is -0.236. The molecular formula is C25H33FN2O4. The van der Waals surface area contributed by atoms with Crippen molar-refractivity contribution in [3.63, 3.8) is 0 Å². The maximum absolute atomic E-state index is 14.0. The van der Waals surface area contributed by atoms with Gasteiger partial charge in [-0.3, -0.25) is 9.69 Å². The van der Waals surface area contributed by atoms with E-state index in [1.807, 2.05) is 29.2 Å². The number of hydrogen-bond donors (Lipinski definition) is 0. The number of carbonyl (C=O) groups excluding carboxylic acids is 1. The standard InChI is InChI=1S/C25H33FN2O4/c1-18(29)28(8-9-30-2)16-21-15-27(17-25(21)20-6-5-7-22(26)12-20)14-19-10-23(31-3)13-24(11-19)32-4/h5-7,10-13,21,25H,8-9,14-17H2,1-4H3. The van der Waals surface area contributed by atoms with Crippen LogP contribution in [0.5, 0.6) is 11.5 Å². The van der Waals surface area contributed by atoms with Gasteiger partial charge in [0, 0.05) is 58.7 Å². The summed E-state index contributed by atoms with van der Waals surface area (Å²) in [4.78, 5) is 16.4. The number of likely N-dealkylation sites (tertiary alicyclic amines) is 1. The van der Waals surface area contributed by atoms with Crippen molar-refractivity contribution in [1.82, 2.24) is 9.80 Å². The molecule has 0 bridgehead atoms. The van der Waals surface area contributed by atoms with Gasteiger partial charge >= 0.3 is 0 Å². The molecule has 2 aromatic rings. The maximum atomic E-state index is 14.0. The number of hydrogen-bond acceptors (Lipinski definition) is 5. The SMILES string of the molecule is COCCN(CC1CN(Cc2cc(OC)cc(OC)c2)CC1c1cccc(F)c1)C(C)=O. The highest BCUT2D eigenvalue weighted by Crippen LogP contribution is 2.35. The molecule has 0 spiro atoms. The van der Waals surface area contributed by atoms with E-state index in [1.54, 1.807) is 40.4 Å². The highest BCUT2D eigenvalue weighted by molar-refractivity contribution is 5.73. The van der Waals surface area contributed by atoms with Crippen molar-refractivity contribution in [3.8, 4) is 11.5 Å². The second-order valence-corrected chi connectivity index (χ2v) is 8.29. The van der Waals surface area contributed by atoms with Crippen LogP contribution in [0.1, 0.15) is 24.0 Å². The third-order valence-electron chi connectivity index (χ3n) is 6.08. The van der Waals surface area contributed by atoms with Gasteiger partial charge in [0.2, 0.25) is 5.91 Å². The molecule has 2 atom stereocenters. The van der Waals surface area contributed by atoms with Crippen molar-refractivity contribution in [2.24, 2.45) is 5.92 Å². The fourth-order valence-electron chi connectivity index (χ4n) is 4.47. The largest absolute Gasteiger partial charge is 0.497 e. The molecule has 2 aromatic carbocycles. The summed E-state index contributed by atoms with van der Waals surface area (Å²) in [6.45, 7) is 5.53. The first-order valence-corrected chi connectivity index (χ1v) is 10.9. The fourth-order valence-corrected chi connectivity index (χ4v) is 4.47. The van der Waals surface area contributed by atoms with Crippen molar-refractivity contribution in [2.45, 2.75) is 19.4 Å². The van der Waals surface area contributed by atoms with E-state index in [4.69, 9.17) is 14.2 Å². The van der Waals surface area contributed by atoms with Crippen molar-refractivity contribution in [3.05, 3.63) is 59.4 Å². The quantitative estimate of drug-likeness (QED) is 0.561. The highest BCUT2D eigenvalue weighted by Gasteiger charge is 2.35. The van der Waals surface area contributed by atoms with Crippen LogP contribution in [0.2, 0.25) is 0 Å². The minimum absolute atomic E-state index is 0.0241. The molecule has 2 unspecified atom stereocenters. The maximum Gasteiger partial charge on any atom is 0.219 e. The van der Waals surface area contributed by atoms with Gasteiger partial charge in [0.15, 0.2) is 0 Å². The molecule has 1 aliphatic rings. The van der Waals surface area contributed by atoms with Gasteiger partial charge in [0.1, 0.15) is 17.3 Å². The van der Waals surface area contributed by atoms with Crippen LogP contribution in [0.15, 0.2) is 42.5 Å². The minimum Gasteiger partial charge on any atom is -0.497 e. The first-order chi connectivity index (χ1) is 15.4. The van der Waals surface area contributed by atoms with E-state index in [-0.39, 0.29) is 23.6 Å². The molecule has 7 heteroatoms. The Morgan fingerprint density at radius 3 is 2.41 bits per heavy atom. The zero-order valence-corrected chi connectivity index (χ0v) is 19.3. The average Bonchev–Trinajstić information content (AvgIpc) is 3.18. The normalized spacial score (nSPS) is 18.5. The topological polar surface area (TPSA) is 51.2 Å². The number of carbonyl (C=O) groups is 1. The van der Waals surface area contributed by atoms with Gasteiger partial charge in [0.25, 0.3) is 0 Å². The number of nitrogens with zero attached hydrogens (tertiary/aromatic N) is 2. The lowest BCUT2D eigenvalue weighted by Gasteiger charge is -2.27. The molecule has 174 valence electrons. The Morgan fingerprint density at radius 2 is 1.81 bits per heavy atom. The third-order valence-corrected chi connectivity index (χ3v) is 6.08. The second-order valence-electron chi connectivity index (χ2n) is 8.29. The van der Waals surface area contributed by atoms with E-state index >= 15 is 0 Å². The molecule has 1 aliphatic heterocycles. The number of amides is 1. The van der Waals surface area contributed by atoms with Gasteiger partial charge in [-0.25, -0.2) is 4.39 Å². The number of benzene rings is 2. The summed E-state index contributed by atoms with van der Waals surface area (Å²) in [6, 6.07) is 12.7. The van der Waals surface area contributed by atoms with Gasteiger partial charge in [-0.2, -0.15) is 0 Å². The number of ether oxygens (including phenoxy) is 3. The van der Waals surface area contributed by atoms with Crippen molar-refractivity contribution in [2.75, 3.05) is 54.1 Å². The molecule has 0 aliphatic carbocycles. The van der Waals surface area contributed by atoms with Crippen molar-refractivity contribution < 1.29 is 23.4 Å². The van der Waals surface area contributed by atoms with Crippen LogP contribution in [0.3, 0.4) is 0 Å². The summed E-state index contributed by atoms with van der Waals surface area (Å²) < 4.78 is 30.0. The predicted octanol–water partition coefficient (Wildman–Crippen LogP) is 3.55. The Labute approximate surface area is 189 Å². The number of halogens is 1. The van der Waals surface area contributed by atoms with Crippen LogP contribution < -0.4 is 9.47 Å². The Balaban J connectivity index is 1.82. The summed E-state index contributed by atoms with van der Waals surface area (Å²) in [5.41, 5.74) is 2.05. The molecule has 1 saturated heterocycles. The summed E-state index contributed by atoms with van der Waals surface area (Å²) >= 11 is 0. The van der Waals surface area contributed by atoms with Crippen LogP contribution in [-0.4, -0.2) is 69.8 Å². The second kappa shape index (κ2) is 11.3. The predicted molar refractivity (Wildman–Crippen MR) is 122 cm³/mol. The lowest BCUT2D eigenvalue weighted by molar-refractivity contribution is -0.130. The van der Waals surface area contributed by atoms with E-state index < -0.39 is 0 Å². The van der Waals surface area contributed by atoms with E-state index in [0.717, 1.165) is 35.7 Å². The molecule has 1 heterocycles. The van der Waals surface area contributed by atoms with Gasteiger partial charge in [0.05, 0.1) is 20.8 Å². The summed E-state index contributed by atoms with van der Waals surface area (Å²) in [5.74, 6) is 1.60. The van der Waals surface area contributed by atoms with E-state index in [2.05, 4.69) is 4.90 Å². The Morgan fingerprint density at radius 1 is 1.09 bits per heavy atom. The summed E-state index contributed by atoms with van der Waals surface area (Å²) in [5, 5.41) is 0. The fraction of sp³-hybridized carbons (Fsp3) is 0.480. The third kappa shape index (κ3) is 6.20. The van der Waals surface area contributed by atoms with Crippen LogP contribution in [0, 0.1) is 11.7 Å². The first kappa shape index (κ1) is 24.0. The van der Waals surface area contributed by atoms with Gasteiger partial charge < -0.3 is 19.1 Å². The smallest absolute Gasteiger partial charge is 0.219 e. The Bertz CT molecular complexity index is 885. The van der Waals surface area contributed by atoms with E-state index in [1.165, 1.54) is 6.07 Å². The summed E-state index contributed by atoms with van der Waals surface area (Å²) in [7, 11) is 4.91. The van der Waals surface area contributed by atoms with Crippen molar-refractivity contribution >= 4 is 5.91 Å². The van der Waals surface area contributed by atoms with Gasteiger partial charge in [-0.1, -0.05) is 12.1 Å². The van der Waals surface area contributed by atoms with Crippen LogP contribution >= 0.6 is 0 Å². The van der Waals surface area contributed by atoms with E-state index in [0.29, 0.717) is 26.2 Å². The number of methoxy groups -OCH3 is 3. The molecule has 1 amide bonds. The van der Waals surface area contributed by atoms with Crippen LogP contribution in [-0.2, 0) is 16.1 Å². The number of rotatable bonds is 10. The molecule has 0 N–H and O–H groups in total. The monoisotopic (exact) mass is 444 g/mol. The molecule has 1 fully saturated rings. The molecule has 32 heavy (non-hydrogen) atoms. The molecular weight excluding hydrogens is 411 g/mol. The molecule has 0 aromatic heterocycles. The lowest BCUT2D eigenvalue weighted by Crippen LogP contribution is -2.38. The van der Waals surface area contributed by atoms with E-state index in [9.17, 15) is 9.18 Å². The highest BCUT2D eigenvalue weighted by atomic mass is 19.1. The van der Waals surface area contributed by atoms with Crippen LogP contribution in [0.4, 0.5) is 4.39 Å². The lowest BCUT2D eigenvalue weighted by atomic mass is 9.88. The molecule has 3 rings (SSSR count). The van der Waals surface area contributed by atoms with Gasteiger partial charge in [-0.05, 0) is 41.3 Å². The molecule has 0 radical (unpaired) electrons.